The Morgan fingerprint density at radius 2 is 1.92 bits per heavy atom. The fraction of sp³-hybridized carbons (Fsp3) is 0.444. The predicted octanol–water partition coefficient (Wildman–Crippen LogP) is 2.84. The van der Waals surface area contributed by atoms with Gasteiger partial charge in [0.25, 0.3) is 5.91 Å². The van der Waals surface area contributed by atoms with Crippen LogP contribution < -0.4 is 0 Å². The van der Waals surface area contributed by atoms with Gasteiger partial charge in [-0.15, -0.1) is 0 Å². The lowest BCUT2D eigenvalue weighted by Gasteiger charge is -2.28. The molecule has 1 fully saturated rings. The highest BCUT2D eigenvalue weighted by Crippen LogP contribution is 2.30. The van der Waals surface area contributed by atoms with Crippen molar-refractivity contribution in [2.24, 2.45) is 0 Å². The molecule has 2 aromatic rings. The van der Waals surface area contributed by atoms with Crippen LogP contribution in [0.15, 0.2) is 24.4 Å². The highest BCUT2D eigenvalue weighted by Gasteiger charge is 2.34. The van der Waals surface area contributed by atoms with Gasteiger partial charge in [0.05, 0.1) is 5.60 Å². The molecule has 3 rings (SSSR count). The maximum Gasteiger partial charge on any atom is 0.274 e. The van der Waals surface area contributed by atoms with Gasteiger partial charge in [-0.1, -0.05) is 18.9 Å². The number of carbonyl (C=O) groups is 1. The Hall–Kier alpha value is -2.28. The Bertz CT molecular complexity index is 777. The van der Waals surface area contributed by atoms with Crippen LogP contribution in [0, 0.1) is 18.6 Å². The molecule has 1 aromatic heterocycles. The van der Waals surface area contributed by atoms with E-state index in [-0.39, 0.29) is 23.8 Å². The summed E-state index contributed by atoms with van der Waals surface area (Å²) in [4.78, 5) is 14.1. The zero-order valence-electron chi connectivity index (χ0n) is 14.3. The van der Waals surface area contributed by atoms with Gasteiger partial charge in [-0.05, 0) is 31.9 Å². The van der Waals surface area contributed by atoms with Crippen molar-refractivity contribution in [1.82, 2.24) is 14.7 Å². The van der Waals surface area contributed by atoms with Crippen LogP contribution in [0.25, 0.3) is 5.69 Å². The first kappa shape index (κ1) is 17.5. The van der Waals surface area contributed by atoms with Gasteiger partial charge in [-0.25, -0.2) is 13.5 Å². The summed E-state index contributed by atoms with van der Waals surface area (Å²) in [5.74, 6) is -1.89. The van der Waals surface area contributed by atoms with Crippen molar-refractivity contribution < 1.29 is 18.7 Å². The van der Waals surface area contributed by atoms with Gasteiger partial charge in [-0.2, -0.15) is 5.10 Å². The molecule has 1 aliphatic carbocycles. The first-order valence-corrected chi connectivity index (χ1v) is 8.29. The van der Waals surface area contributed by atoms with Gasteiger partial charge in [-0.3, -0.25) is 4.79 Å². The van der Waals surface area contributed by atoms with E-state index < -0.39 is 17.2 Å². The second-order valence-corrected chi connectivity index (χ2v) is 6.77. The number of nitrogens with zero attached hydrogens (tertiary/aromatic N) is 3. The van der Waals surface area contributed by atoms with Crippen molar-refractivity contribution in [1.29, 1.82) is 0 Å². The SMILES string of the molecule is Cc1cn(-c2c(F)cccc2F)nc1C(=O)N(C)CC1(O)CCCC1. The van der Waals surface area contributed by atoms with E-state index in [0.29, 0.717) is 18.4 Å². The number of aromatic nitrogens is 2. The standard InChI is InChI=1S/C18H21F2N3O2/c1-12-10-23(16-13(19)6-5-7-14(16)20)21-15(12)17(24)22(2)11-18(25)8-3-4-9-18/h5-7,10,25H,3-4,8-9,11H2,1-2H3. The van der Waals surface area contributed by atoms with Gasteiger partial charge >= 0.3 is 0 Å². The summed E-state index contributed by atoms with van der Waals surface area (Å²) in [5, 5.41) is 14.5. The van der Waals surface area contributed by atoms with Crippen LogP contribution in [0.2, 0.25) is 0 Å². The third kappa shape index (κ3) is 3.42. The van der Waals surface area contributed by atoms with Crippen LogP contribution >= 0.6 is 0 Å². The quantitative estimate of drug-likeness (QED) is 0.923. The number of para-hydroxylation sites is 1. The first-order chi connectivity index (χ1) is 11.8. The van der Waals surface area contributed by atoms with Crippen molar-refractivity contribution in [2.75, 3.05) is 13.6 Å². The van der Waals surface area contributed by atoms with E-state index in [9.17, 15) is 18.7 Å². The van der Waals surface area contributed by atoms with Crippen LogP contribution in [0.4, 0.5) is 8.78 Å². The number of hydrogen-bond acceptors (Lipinski definition) is 3. The molecule has 1 aliphatic rings. The molecule has 1 amide bonds. The Kier molecular flexibility index (Phi) is 4.60. The number of aliphatic hydroxyl groups is 1. The molecule has 1 N–H and O–H groups in total. The van der Waals surface area contributed by atoms with E-state index in [2.05, 4.69) is 5.10 Å². The Morgan fingerprint density at radius 3 is 2.52 bits per heavy atom. The van der Waals surface area contributed by atoms with Crippen molar-refractivity contribution >= 4 is 5.91 Å². The van der Waals surface area contributed by atoms with Crippen LogP contribution in [0.3, 0.4) is 0 Å². The Morgan fingerprint density at radius 1 is 1.32 bits per heavy atom. The van der Waals surface area contributed by atoms with Gasteiger partial charge in [0, 0.05) is 25.4 Å². The summed E-state index contributed by atoms with van der Waals surface area (Å²) >= 11 is 0. The smallest absolute Gasteiger partial charge is 0.274 e. The fourth-order valence-electron chi connectivity index (χ4n) is 3.38. The maximum atomic E-state index is 13.9. The van der Waals surface area contributed by atoms with Crippen LogP contribution in [-0.4, -0.2) is 44.9 Å². The number of benzene rings is 1. The molecule has 0 saturated heterocycles. The highest BCUT2D eigenvalue weighted by molar-refractivity contribution is 5.93. The monoisotopic (exact) mass is 349 g/mol. The minimum atomic E-state index is -0.863. The molecule has 0 radical (unpaired) electrons. The molecule has 0 unspecified atom stereocenters. The summed E-state index contributed by atoms with van der Waals surface area (Å²) in [7, 11) is 1.60. The molecule has 1 aromatic carbocycles. The van der Waals surface area contributed by atoms with Gasteiger partial charge in [0.2, 0.25) is 0 Å². The number of aryl methyl sites for hydroxylation is 1. The average molecular weight is 349 g/mol. The molecule has 0 aliphatic heterocycles. The lowest BCUT2D eigenvalue weighted by molar-refractivity contribution is 0.0154. The molecule has 1 saturated carbocycles. The number of hydrogen-bond donors (Lipinski definition) is 1. The Labute approximate surface area is 144 Å². The summed E-state index contributed by atoms with van der Waals surface area (Å²) in [5.41, 5.74) is -0.551. The molecular formula is C18H21F2N3O2. The molecule has 7 heteroatoms. The fourth-order valence-corrected chi connectivity index (χ4v) is 3.38. The lowest BCUT2D eigenvalue weighted by Crippen LogP contribution is -2.42. The topological polar surface area (TPSA) is 58.4 Å². The van der Waals surface area contributed by atoms with Gasteiger partial charge in [0.1, 0.15) is 5.69 Å². The van der Waals surface area contributed by atoms with Crippen molar-refractivity contribution in [2.45, 2.75) is 38.2 Å². The molecule has 5 nitrogen and oxygen atoms in total. The minimum absolute atomic E-state index is 0.117. The summed E-state index contributed by atoms with van der Waals surface area (Å²) in [6.07, 6.45) is 4.64. The number of likely N-dealkylation sites (N-methyl/N-ethyl adjacent to an activating group) is 1. The molecule has 0 spiro atoms. The average Bonchev–Trinajstić information content (AvgIpc) is 3.13. The van der Waals surface area contributed by atoms with Crippen molar-refractivity contribution in [3.63, 3.8) is 0 Å². The molecule has 25 heavy (non-hydrogen) atoms. The molecule has 0 bridgehead atoms. The lowest BCUT2D eigenvalue weighted by atomic mass is 10.0. The van der Waals surface area contributed by atoms with E-state index in [0.717, 1.165) is 29.7 Å². The van der Waals surface area contributed by atoms with E-state index in [1.165, 1.54) is 17.2 Å². The zero-order chi connectivity index (χ0) is 18.2. The van der Waals surface area contributed by atoms with Crippen molar-refractivity contribution in [3.05, 3.63) is 47.3 Å². The van der Waals surface area contributed by atoms with E-state index in [4.69, 9.17) is 0 Å². The molecule has 1 heterocycles. The van der Waals surface area contributed by atoms with E-state index in [1.807, 2.05) is 0 Å². The van der Waals surface area contributed by atoms with Crippen LogP contribution in [-0.2, 0) is 0 Å². The number of rotatable bonds is 4. The van der Waals surface area contributed by atoms with Crippen molar-refractivity contribution in [3.8, 4) is 5.69 Å². The zero-order valence-corrected chi connectivity index (χ0v) is 14.3. The minimum Gasteiger partial charge on any atom is -0.388 e. The normalized spacial score (nSPS) is 16.2. The van der Waals surface area contributed by atoms with Crippen LogP contribution in [0.5, 0.6) is 0 Å². The first-order valence-electron chi connectivity index (χ1n) is 8.29. The summed E-state index contributed by atoms with van der Waals surface area (Å²) in [6, 6.07) is 3.55. The number of carbonyl (C=O) groups excluding carboxylic acids is 1. The van der Waals surface area contributed by atoms with E-state index in [1.54, 1.807) is 14.0 Å². The van der Waals surface area contributed by atoms with Crippen LogP contribution in [0.1, 0.15) is 41.7 Å². The largest absolute Gasteiger partial charge is 0.388 e. The highest BCUT2D eigenvalue weighted by atomic mass is 19.1. The third-order valence-corrected chi connectivity index (χ3v) is 4.68. The van der Waals surface area contributed by atoms with E-state index >= 15 is 0 Å². The molecule has 134 valence electrons. The predicted molar refractivity (Wildman–Crippen MR) is 88.6 cm³/mol. The molecule has 0 atom stereocenters. The second-order valence-electron chi connectivity index (χ2n) is 6.77. The van der Waals surface area contributed by atoms with Gasteiger partial charge < -0.3 is 10.0 Å². The maximum absolute atomic E-state index is 13.9. The van der Waals surface area contributed by atoms with Gasteiger partial charge in [0.15, 0.2) is 17.3 Å². The third-order valence-electron chi connectivity index (χ3n) is 4.68. The number of amides is 1. The Balaban J connectivity index is 1.86. The number of halogens is 2. The summed E-state index contributed by atoms with van der Waals surface area (Å²) in [6.45, 7) is 1.87. The summed E-state index contributed by atoms with van der Waals surface area (Å²) < 4.78 is 28.9. The molecular weight excluding hydrogens is 328 g/mol. The second kappa shape index (κ2) is 6.55.